The van der Waals surface area contributed by atoms with Crippen molar-refractivity contribution in [3.63, 3.8) is 0 Å². The van der Waals surface area contributed by atoms with Gasteiger partial charge in [-0.15, -0.1) is 0 Å². The summed E-state index contributed by atoms with van der Waals surface area (Å²) in [5, 5.41) is 3.50. The van der Waals surface area contributed by atoms with Crippen LogP contribution in [0.1, 0.15) is 12.7 Å². The number of carbonyl (C=O) groups is 1. The lowest BCUT2D eigenvalue weighted by Crippen LogP contribution is -2.34. The lowest BCUT2D eigenvalue weighted by Gasteiger charge is -2.16. The summed E-state index contributed by atoms with van der Waals surface area (Å²) >= 11 is 5.19. The molecule has 0 radical (unpaired) electrons. The number of amides is 1. The zero-order chi connectivity index (χ0) is 14.3. The van der Waals surface area contributed by atoms with E-state index in [0.717, 1.165) is 16.9 Å². The predicted octanol–water partition coefficient (Wildman–Crippen LogP) is 1.45. The number of benzene rings is 1. The quantitative estimate of drug-likeness (QED) is 0.869. The van der Waals surface area contributed by atoms with Gasteiger partial charge in [-0.3, -0.25) is 9.69 Å². The van der Waals surface area contributed by atoms with Gasteiger partial charge >= 0.3 is 0 Å². The highest BCUT2D eigenvalue weighted by Gasteiger charge is 2.31. The van der Waals surface area contributed by atoms with Crippen molar-refractivity contribution in [2.24, 2.45) is 0 Å². The van der Waals surface area contributed by atoms with Crippen LogP contribution in [0.25, 0.3) is 11.0 Å². The zero-order valence-corrected chi connectivity index (χ0v) is 12.3. The molecule has 0 spiro atoms. The number of rotatable bonds is 3. The minimum atomic E-state index is -0.219. The Morgan fingerprint density at radius 1 is 1.35 bits per heavy atom. The van der Waals surface area contributed by atoms with E-state index in [1.165, 1.54) is 0 Å². The lowest BCUT2D eigenvalue weighted by atomic mass is 10.3. The van der Waals surface area contributed by atoms with E-state index >= 15 is 0 Å². The summed E-state index contributed by atoms with van der Waals surface area (Å²) in [5.74, 6) is 0.988. The summed E-state index contributed by atoms with van der Waals surface area (Å²) in [4.78, 5) is 18.1. The minimum absolute atomic E-state index is 0.0390. The standard InChI is InChI=1S/C14H16N4OS/c1-9-13(19)18(14(20)15-9)8-7-17-10(2)16-11-5-3-4-6-12(11)17/h3-6,9H,7-8H2,1-2H3,(H,15,20)/t9-/m1/s1. The average Bonchev–Trinajstić information content (AvgIpc) is 2.86. The van der Waals surface area contributed by atoms with Crippen LogP contribution in [-0.2, 0) is 11.3 Å². The van der Waals surface area contributed by atoms with Gasteiger partial charge in [0.05, 0.1) is 11.0 Å². The molecule has 1 amide bonds. The molecule has 1 aliphatic rings. The number of thiocarbonyl (C=S) groups is 1. The lowest BCUT2D eigenvalue weighted by molar-refractivity contribution is -0.126. The number of aryl methyl sites for hydroxylation is 1. The molecule has 1 saturated heterocycles. The molecule has 1 N–H and O–H groups in total. The van der Waals surface area contributed by atoms with Crippen molar-refractivity contribution in [1.82, 2.24) is 19.8 Å². The summed E-state index contributed by atoms with van der Waals surface area (Å²) in [6, 6.07) is 7.79. The Labute approximate surface area is 122 Å². The molecule has 6 heteroatoms. The fourth-order valence-electron chi connectivity index (χ4n) is 2.55. The summed E-state index contributed by atoms with van der Waals surface area (Å²) in [7, 11) is 0. The van der Waals surface area contributed by atoms with Crippen LogP contribution in [0.4, 0.5) is 0 Å². The second-order valence-electron chi connectivity index (χ2n) is 4.96. The molecule has 2 heterocycles. The van der Waals surface area contributed by atoms with E-state index in [0.29, 0.717) is 18.2 Å². The van der Waals surface area contributed by atoms with E-state index in [4.69, 9.17) is 12.2 Å². The third kappa shape index (κ3) is 2.06. The Balaban J connectivity index is 1.82. The van der Waals surface area contributed by atoms with Crippen LogP contribution in [0.5, 0.6) is 0 Å². The molecule has 5 nitrogen and oxygen atoms in total. The first-order valence-electron chi connectivity index (χ1n) is 6.61. The molecular weight excluding hydrogens is 272 g/mol. The first-order valence-corrected chi connectivity index (χ1v) is 7.02. The van der Waals surface area contributed by atoms with E-state index in [9.17, 15) is 4.79 Å². The van der Waals surface area contributed by atoms with Gasteiger partial charge < -0.3 is 9.88 Å². The van der Waals surface area contributed by atoms with Crippen molar-refractivity contribution in [1.29, 1.82) is 0 Å². The van der Waals surface area contributed by atoms with Gasteiger partial charge in [0.2, 0.25) is 0 Å². The van der Waals surface area contributed by atoms with Crippen molar-refractivity contribution in [3.8, 4) is 0 Å². The molecule has 0 bridgehead atoms. The molecule has 3 rings (SSSR count). The number of hydrogen-bond acceptors (Lipinski definition) is 3. The molecule has 1 aromatic carbocycles. The molecule has 2 aromatic rings. The van der Waals surface area contributed by atoms with Gasteiger partial charge in [0.1, 0.15) is 11.9 Å². The van der Waals surface area contributed by atoms with Crippen molar-refractivity contribution in [2.75, 3.05) is 6.54 Å². The number of aromatic nitrogens is 2. The number of hydrogen-bond donors (Lipinski definition) is 1. The van der Waals surface area contributed by atoms with Crippen LogP contribution in [0, 0.1) is 6.92 Å². The number of fused-ring (bicyclic) bond motifs is 1. The minimum Gasteiger partial charge on any atom is -0.351 e. The fraction of sp³-hybridized carbons (Fsp3) is 0.357. The Kier molecular flexibility index (Phi) is 3.17. The molecular formula is C14H16N4OS. The number of para-hydroxylation sites is 2. The third-order valence-electron chi connectivity index (χ3n) is 3.61. The van der Waals surface area contributed by atoms with Crippen LogP contribution in [0.3, 0.4) is 0 Å². The summed E-state index contributed by atoms with van der Waals surface area (Å²) in [6.07, 6.45) is 0. The zero-order valence-electron chi connectivity index (χ0n) is 11.5. The first-order chi connectivity index (χ1) is 9.58. The van der Waals surface area contributed by atoms with E-state index in [1.54, 1.807) is 4.90 Å². The molecule has 20 heavy (non-hydrogen) atoms. The van der Waals surface area contributed by atoms with Crippen molar-refractivity contribution in [2.45, 2.75) is 26.4 Å². The fourth-order valence-corrected chi connectivity index (χ4v) is 2.91. The summed E-state index contributed by atoms with van der Waals surface area (Å²) in [5.41, 5.74) is 2.07. The highest BCUT2D eigenvalue weighted by Crippen LogP contribution is 2.16. The SMILES string of the molecule is Cc1nc2ccccc2n1CCN1C(=O)[C@@H](C)NC1=S. The van der Waals surface area contributed by atoms with Gasteiger partial charge in [-0.05, 0) is 38.2 Å². The second kappa shape index (κ2) is 4.86. The molecule has 0 unspecified atom stereocenters. The van der Waals surface area contributed by atoms with Crippen LogP contribution in [0.15, 0.2) is 24.3 Å². The molecule has 0 aliphatic carbocycles. The van der Waals surface area contributed by atoms with Gasteiger partial charge in [-0.1, -0.05) is 12.1 Å². The molecule has 1 aliphatic heterocycles. The van der Waals surface area contributed by atoms with Crippen molar-refractivity contribution < 1.29 is 4.79 Å². The van der Waals surface area contributed by atoms with Crippen LogP contribution < -0.4 is 5.32 Å². The number of nitrogens with zero attached hydrogens (tertiary/aromatic N) is 3. The monoisotopic (exact) mass is 288 g/mol. The normalized spacial score (nSPS) is 18.9. The first kappa shape index (κ1) is 13.1. The third-order valence-corrected chi connectivity index (χ3v) is 3.95. The highest BCUT2D eigenvalue weighted by atomic mass is 32.1. The van der Waals surface area contributed by atoms with E-state index in [1.807, 2.05) is 38.1 Å². The molecule has 1 atom stereocenters. The molecule has 1 aromatic heterocycles. The molecule has 0 saturated carbocycles. The smallest absolute Gasteiger partial charge is 0.251 e. The van der Waals surface area contributed by atoms with Crippen LogP contribution >= 0.6 is 12.2 Å². The van der Waals surface area contributed by atoms with E-state index in [2.05, 4.69) is 14.9 Å². The van der Waals surface area contributed by atoms with Gasteiger partial charge in [-0.25, -0.2) is 4.98 Å². The Morgan fingerprint density at radius 2 is 2.10 bits per heavy atom. The maximum Gasteiger partial charge on any atom is 0.251 e. The number of nitrogens with one attached hydrogen (secondary N) is 1. The second-order valence-corrected chi connectivity index (χ2v) is 5.35. The maximum absolute atomic E-state index is 12.0. The predicted molar refractivity (Wildman–Crippen MR) is 81.4 cm³/mol. The van der Waals surface area contributed by atoms with Gasteiger partial charge in [0.15, 0.2) is 5.11 Å². The summed E-state index contributed by atoms with van der Waals surface area (Å²) < 4.78 is 2.12. The van der Waals surface area contributed by atoms with Crippen molar-refractivity contribution in [3.05, 3.63) is 30.1 Å². The van der Waals surface area contributed by atoms with Crippen molar-refractivity contribution >= 4 is 34.3 Å². The highest BCUT2D eigenvalue weighted by molar-refractivity contribution is 7.80. The van der Waals surface area contributed by atoms with Gasteiger partial charge in [0.25, 0.3) is 5.91 Å². The van der Waals surface area contributed by atoms with Crippen LogP contribution in [-0.4, -0.2) is 38.1 Å². The topological polar surface area (TPSA) is 50.2 Å². The Hall–Kier alpha value is -1.95. The molecule has 1 fully saturated rings. The van der Waals surface area contributed by atoms with E-state index < -0.39 is 0 Å². The average molecular weight is 288 g/mol. The summed E-state index contributed by atoms with van der Waals surface area (Å²) in [6.45, 7) is 5.06. The maximum atomic E-state index is 12.0. The van der Waals surface area contributed by atoms with Crippen LogP contribution in [0.2, 0.25) is 0 Å². The largest absolute Gasteiger partial charge is 0.351 e. The Bertz CT molecular complexity index is 694. The molecule has 104 valence electrons. The van der Waals surface area contributed by atoms with Gasteiger partial charge in [-0.2, -0.15) is 0 Å². The van der Waals surface area contributed by atoms with E-state index in [-0.39, 0.29) is 11.9 Å². The number of carbonyl (C=O) groups excluding carboxylic acids is 1. The number of imidazole rings is 1. The van der Waals surface area contributed by atoms with Gasteiger partial charge in [0, 0.05) is 13.1 Å². The Morgan fingerprint density at radius 3 is 2.80 bits per heavy atom.